The van der Waals surface area contributed by atoms with E-state index in [1.54, 1.807) is 0 Å². The molecule has 1 N–H and O–H groups in total. The number of fused-ring (bicyclic) bond motifs is 11. The van der Waals surface area contributed by atoms with Crippen LogP contribution in [0.3, 0.4) is 0 Å². The monoisotopic (exact) mass is 568 g/mol. The Morgan fingerprint density at radius 1 is 0.568 bits per heavy atom. The number of oxime groups is 1. The first-order valence-electron chi connectivity index (χ1n) is 15.0. The lowest BCUT2D eigenvalue weighted by atomic mass is 9.93. The van der Waals surface area contributed by atoms with Crippen LogP contribution in [0.25, 0.3) is 71.8 Å². The number of hydrogen-bond donors (Lipinski definition) is 1. The number of hydrogen-bond acceptors (Lipinski definition) is 4. The maximum absolute atomic E-state index is 10.4. The molecule has 8 aromatic rings. The zero-order chi connectivity index (χ0) is 29.8. The third-order valence-corrected chi connectivity index (χ3v) is 8.45. The summed E-state index contributed by atoms with van der Waals surface area (Å²) >= 11 is 0. The standard InChI is InChI=1S/C37H22N4O.C2H6/c42-40-35-25-16-6-4-14-23(25)31-24-15-5-7-17-26(24)36-32(33(31)35)28-19-9-11-21-30(28)41(36)37-38-29-20-10-8-18-27(29)34(39-37)22-12-2-1-3-13-22;1-2/h1-21,42H;1-2H3/b40-35+;. The van der Waals surface area contributed by atoms with Gasteiger partial charge < -0.3 is 5.21 Å². The van der Waals surface area contributed by atoms with Crippen molar-refractivity contribution in [1.82, 2.24) is 14.5 Å². The first kappa shape index (κ1) is 25.9. The van der Waals surface area contributed by atoms with E-state index in [1.807, 2.05) is 68.4 Å². The first-order valence-corrected chi connectivity index (χ1v) is 15.0. The Bertz CT molecular complexity index is 2420. The maximum atomic E-state index is 10.4. The molecular formula is C39H28N4O. The van der Waals surface area contributed by atoms with E-state index >= 15 is 0 Å². The van der Waals surface area contributed by atoms with Crippen molar-refractivity contribution in [1.29, 1.82) is 0 Å². The molecule has 2 aromatic heterocycles. The molecule has 0 spiro atoms. The van der Waals surface area contributed by atoms with Gasteiger partial charge in [-0.25, -0.2) is 9.97 Å². The highest BCUT2D eigenvalue weighted by Gasteiger charge is 2.33. The molecule has 0 atom stereocenters. The molecule has 0 fully saturated rings. The van der Waals surface area contributed by atoms with E-state index < -0.39 is 0 Å². The number of para-hydroxylation sites is 2. The van der Waals surface area contributed by atoms with Gasteiger partial charge in [-0.1, -0.05) is 134 Å². The molecule has 5 heteroatoms. The summed E-state index contributed by atoms with van der Waals surface area (Å²) in [6, 6.07) is 43.5. The quantitative estimate of drug-likeness (QED) is 0.167. The molecule has 0 saturated heterocycles. The van der Waals surface area contributed by atoms with E-state index in [-0.39, 0.29) is 0 Å². The van der Waals surface area contributed by atoms with Gasteiger partial charge in [0.25, 0.3) is 0 Å². The first-order chi connectivity index (χ1) is 21.8. The van der Waals surface area contributed by atoms with Crippen LogP contribution in [0.5, 0.6) is 0 Å². The third-order valence-electron chi connectivity index (χ3n) is 8.45. The Kier molecular flexibility index (Phi) is 5.98. The van der Waals surface area contributed by atoms with Crippen LogP contribution in [0.2, 0.25) is 0 Å². The van der Waals surface area contributed by atoms with E-state index in [0.717, 1.165) is 77.0 Å². The topological polar surface area (TPSA) is 63.3 Å². The molecule has 210 valence electrons. The predicted molar refractivity (Wildman–Crippen MR) is 181 cm³/mol. The highest BCUT2D eigenvalue weighted by Crippen LogP contribution is 2.49. The predicted octanol–water partition coefficient (Wildman–Crippen LogP) is 9.78. The number of benzene rings is 6. The normalized spacial score (nSPS) is 12.9. The summed E-state index contributed by atoms with van der Waals surface area (Å²) in [5.74, 6) is 0.599. The summed E-state index contributed by atoms with van der Waals surface area (Å²) in [5.41, 5.74) is 9.40. The molecule has 0 amide bonds. The molecule has 0 radical (unpaired) electrons. The van der Waals surface area contributed by atoms with Gasteiger partial charge in [-0.3, -0.25) is 4.57 Å². The Hall–Kier alpha value is -5.81. The van der Waals surface area contributed by atoms with E-state index in [2.05, 4.69) is 82.5 Å². The lowest BCUT2D eigenvalue weighted by Crippen LogP contribution is -2.04. The number of nitrogens with zero attached hydrogens (tertiary/aromatic N) is 4. The van der Waals surface area contributed by atoms with Gasteiger partial charge in [0.15, 0.2) is 0 Å². The Morgan fingerprint density at radius 2 is 1.18 bits per heavy atom. The lowest BCUT2D eigenvalue weighted by Gasteiger charge is -2.14. The summed E-state index contributed by atoms with van der Waals surface area (Å²) in [4.78, 5) is 10.4. The zero-order valence-electron chi connectivity index (χ0n) is 24.4. The second-order valence-corrected chi connectivity index (χ2v) is 10.6. The van der Waals surface area contributed by atoms with Gasteiger partial charge in [-0.05, 0) is 23.1 Å². The molecule has 2 heterocycles. The Morgan fingerprint density at radius 3 is 1.95 bits per heavy atom. The van der Waals surface area contributed by atoms with Crippen molar-refractivity contribution >= 4 is 49.2 Å². The van der Waals surface area contributed by atoms with Crippen LogP contribution in [-0.4, -0.2) is 25.5 Å². The van der Waals surface area contributed by atoms with Crippen molar-refractivity contribution in [3.8, 4) is 28.3 Å². The van der Waals surface area contributed by atoms with Crippen molar-refractivity contribution in [3.63, 3.8) is 0 Å². The fourth-order valence-electron chi connectivity index (χ4n) is 6.77. The van der Waals surface area contributed by atoms with Gasteiger partial charge in [-0.2, -0.15) is 0 Å². The molecule has 0 unspecified atom stereocenters. The largest absolute Gasteiger partial charge is 0.410 e. The maximum Gasteiger partial charge on any atom is 0.235 e. The zero-order valence-corrected chi connectivity index (χ0v) is 24.4. The van der Waals surface area contributed by atoms with Gasteiger partial charge >= 0.3 is 0 Å². The van der Waals surface area contributed by atoms with E-state index in [9.17, 15) is 5.21 Å². The number of rotatable bonds is 2. The smallest absolute Gasteiger partial charge is 0.235 e. The van der Waals surface area contributed by atoms with Crippen molar-refractivity contribution < 1.29 is 5.21 Å². The van der Waals surface area contributed by atoms with Gasteiger partial charge in [-0.15, -0.1) is 0 Å². The molecule has 1 aliphatic carbocycles. The molecule has 1 aliphatic rings. The second kappa shape index (κ2) is 10.2. The molecule has 6 aromatic carbocycles. The van der Waals surface area contributed by atoms with Crippen LogP contribution < -0.4 is 0 Å². The molecular weight excluding hydrogens is 540 g/mol. The minimum absolute atomic E-state index is 0.587. The van der Waals surface area contributed by atoms with Gasteiger partial charge in [0.05, 0.1) is 22.2 Å². The summed E-state index contributed by atoms with van der Waals surface area (Å²) in [6.07, 6.45) is 0. The highest BCUT2D eigenvalue weighted by molar-refractivity contribution is 6.38. The van der Waals surface area contributed by atoms with E-state index in [0.29, 0.717) is 11.7 Å². The van der Waals surface area contributed by atoms with Crippen LogP contribution >= 0.6 is 0 Å². The van der Waals surface area contributed by atoms with Crippen LogP contribution in [0, 0.1) is 0 Å². The molecule has 0 aliphatic heterocycles. The summed E-state index contributed by atoms with van der Waals surface area (Å²) < 4.78 is 2.18. The minimum atomic E-state index is 0.587. The highest BCUT2D eigenvalue weighted by atomic mass is 16.4. The van der Waals surface area contributed by atoms with Crippen molar-refractivity contribution in [2.24, 2.45) is 5.16 Å². The van der Waals surface area contributed by atoms with Crippen molar-refractivity contribution in [3.05, 3.63) is 139 Å². The second-order valence-electron chi connectivity index (χ2n) is 10.6. The molecule has 0 saturated carbocycles. The Balaban J connectivity index is 0.00000142. The summed E-state index contributed by atoms with van der Waals surface area (Å²) in [6.45, 7) is 4.00. The fourth-order valence-corrected chi connectivity index (χ4v) is 6.77. The van der Waals surface area contributed by atoms with Gasteiger partial charge in [0.1, 0.15) is 5.71 Å². The van der Waals surface area contributed by atoms with Crippen LogP contribution in [0.15, 0.2) is 133 Å². The SMILES string of the molecule is CC.O/N=C1\c2ccccc2-c2c1c1c3ccccc3n(-c3nc(-c4ccccc4)c4ccccc4n3)c1c1ccccc21. The number of aromatic nitrogens is 3. The van der Waals surface area contributed by atoms with Gasteiger partial charge in [0, 0.05) is 43.8 Å². The minimum Gasteiger partial charge on any atom is -0.410 e. The van der Waals surface area contributed by atoms with Crippen molar-refractivity contribution in [2.75, 3.05) is 0 Å². The van der Waals surface area contributed by atoms with E-state index in [4.69, 9.17) is 9.97 Å². The lowest BCUT2D eigenvalue weighted by molar-refractivity contribution is 0.320. The van der Waals surface area contributed by atoms with E-state index in [1.165, 1.54) is 0 Å². The summed E-state index contributed by atoms with van der Waals surface area (Å²) in [5, 5.41) is 19.6. The molecule has 9 rings (SSSR count). The van der Waals surface area contributed by atoms with Crippen LogP contribution in [0.4, 0.5) is 0 Å². The van der Waals surface area contributed by atoms with Gasteiger partial charge in [0.2, 0.25) is 5.95 Å². The average molecular weight is 569 g/mol. The third kappa shape index (κ3) is 3.56. The molecule has 0 bridgehead atoms. The fraction of sp³-hybridized carbons (Fsp3) is 0.0513. The van der Waals surface area contributed by atoms with Crippen LogP contribution in [0.1, 0.15) is 25.0 Å². The Labute approximate surface area is 254 Å². The van der Waals surface area contributed by atoms with Crippen LogP contribution in [-0.2, 0) is 0 Å². The van der Waals surface area contributed by atoms with Crippen molar-refractivity contribution in [2.45, 2.75) is 13.8 Å². The average Bonchev–Trinajstić information content (AvgIpc) is 3.62. The molecule has 44 heavy (non-hydrogen) atoms. The summed E-state index contributed by atoms with van der Waals surface area (Å²) in [7, 11) is 0. The molecule has 5 nitrogen and oxygen atoms in total.